The summed E-state index contributed by atoms with van der Waals surface area (Å²) in [4.78, 5) is 17.8. The Hall–Kier alpha value is -0.780. The molecule has 0 aliphatic heterocycles. The van der Waals surface area contributed by atoms with Crippen LogP contribution >= 0.6 is 24.8 Å². The van der Waals surface area contributed by atoms with Gasteiger partial charge < -0.3 is 15.5 Å². The number of nitrogens with two attached hydrogens (primary N) is 1. The second kappa shape index (κ2) is 8.52. The van der Waals surface area contributed by atoms with Gasteiger partial charge in [0.2, 0.25) is 0 Å². The Morgan fingerprint density at radius 1 is 1.67 bits per heavy atom. The first kappa shape index (κ1) is 16.6. The van der Waals surface area contributed by atoms with E-state index < -0.39 is 6.04 Å². The number of rotatable bonds is 4. The fraction of sp³-hybridized carbons (Fsp3) is 0.500. The Morgan fingerprint density at radius 3 is 2.80 bits per heavy atom. The van der Waals surface area contributed by atoms with Gasteiger partial charge in [0.1, 0.15) is 6.04 Å². The summed E-state index contributed by atoms with van der Waals surface area (Å²) in [5, 5.41) is 0. The van der Waals surface area contributed by atoms with Crippen LogP contribution in [0.5, 0.6) is 0 Å². The van der Waals surface area contributed by atoms with Crippen LogP contribution in [-0.2, 0) is 16.0 Å². The molecule has 0 fully saturated rings. The largest absolute Gasteiger partial charge is 0.465 e. The van der Waals surface area contributed by atoms with E-state index >= 15 is 0 Å². The first-order valence-electron chi connectivity index (χ1n) is 4.14. The van der Waals surface area contributed by atoms with E-state index in [-0.39, 0.29) is 30.8 Å². The zero-order chi connectivity index (χ0) is 9.68. The summed E-state index contributed by atoms with van der Waals surface area (Å²) in [5.41, 5.74) is 6.33. The number of imidazole rings is 1. The number of ether oxygens (including phenoxy) is 1. The lowest BCUT2D eigenvalue weighted by Crippen LogP contribution is -2.34. The third kappa shape index (κ3) is 5.61. The standard InChI is InChI=1S/C8H13N3O2.2ClH/c1-2-13-8(12)7(9)3-6-4-10-5-11-6;;/h4-5,7H,2-3,9H2,1H3,(H,10,11);2*1H/t7-;;/m0../s1. The lowest BCUT2D eigenvalue weighted by atomic mass is 10.2. The van der Waals surface area contributed by atoms with Gasteiger partial charge in [-0.1, -0.05) is 0 Å². The molecule has 1 rings (SSSR count). The SMILES string of the molecule is CCOC(=O)[C@@H](N)Cc1c[nH]cn1.Cl.Cl. The molecule has 0 amide bonds. The van der Waals surface area contributed by atoms with Crippen molar-refractivity contribution in [3.63, 3.8) is 0 Å². The van der Waals surface area contributed by atoms with Gasteiger partial charge in [0.05, 0.1) is 18.6 Å². The van der Waals surface area contributed by atoms with Gasteiger partial charge >= 0.3 is 5.97 Å². The molecule has 0 aliphatic carbocycles. The van der Waals surface area contributed by atoms with Crippen molar-refractivity contribution in [1.29, 1.82) is 0 Å². The van der Waals surface area contributed by atoms with E-state index in [1.54, 1.807) is 19.4 Å². The lowest BCUT2D eigenvalue weighted by molar-refractivity contribution is -0.144. The number of nitrogens with one attached hydrogen (secondary N) is 1. The Morgan fingerprint density at radius 2 is 2.33 bits per heavy atom. The summed E-state index contributed by atoms with van der Waals surface area (Å²) in [6.07, 6.45) is 3.66. The molecule has 0 spiro atoms. The number of hydrogen-bond donors (Lipinski definition) is 2. The predicted octanol–water partition coefficient (Wildman–Crippen LogP) is 0.686. The summed E-state index contributed by atoms with van der Waals surface area (Å²) >= 11 is 0. The normalized spacial score (nSPS) is 10.8. The van der Waals surface area contributed by atoms with Gasteiger partial charge in [0.25, 0.3) is 0 Å². The number of nitrogens with zero attached hydrogens (tertiary/aromatic N) is 1. The molecule has 0 radical (unpaired) electrons. The third-order valence-corrected chi connectivity index (χ3v) is 1.57. The maximum Gasteiger partial charge on any atom is 0.323 e. The minimum atomic E-state index is -0.622. The molecule has 88 valence electrons. The molecule has 0 bridgehead atoms. The highest BCUT2D eigenvalue weighted by atomic mass is 35.5. The van der Waals surface area contributed by atoms with Gasteiger partial charge in [-0.2, -0.15) is 0 Å². The number of hydrogen-bond acceptors (Lipinski definition) is 4. The maximum absolute atomic E-state index is 11.1. The Kier molecular flexibility index (Phi) is 9.46. The molecule has 3 N–H and O–H groups in total. The van der Waals surface area contributed by atoms with Crippen molar-refractivity contribution in [1.82, 2.24) is 9.97 Å². The van der Waals surface area contributed by atoms with Crippen molar-refractivity contribution in [2.45, 2.75) is 19.4 Å². The molecule has 1 aromatic rings. The number of esters is 1. The Labute approximate surface area is 101 Å². The van der Waals surface area contributed by atoms with Gasteiger partial charge in [-0.3, -0.25) is 4.79 Å². The molecule has 0 saturated carbocycles. The minimum Gasteiger partial charge on any atom is -0.465 e. The minimum absolute atomic E-state index is 0. The van der Waals surface area contributed by atoms with E-state index in [2.05, 4.69) is 9.97 Å². The number of aromatic nitrogens is 2. The lowest BCUT2D eigenvalue weighted by Gasteiger charge is -2.07. The average molecular weight is 256 g/mol. The molecular formula is C8H15Cl2N3O2. The highest BCUT2D eigenvalue weighted by Crippen LogP contribution is 1.97. The van der Waals surface area contributed by atoms with Crippen LogP contribution in [0, 0.1) is 0 Å². The molecule has 1 aromatic heterocycles. The molecule has 0 unspecified atom stereocenters. The van der Waals surface area contributed by atoms with Crippen molar-refractivity contribution in [2.75, 3.05) is 6.61 Å². The van der Waals surface area contributed by atoms with Crippen LogP contribution in [0.3, 0.4) is 0 Å². The Balaban J connectivity index is 0. The van der Waals surface area contributed by atoms with Crippen molar-refractivity contribution < 1.29 is 9.53 Å². The molecule has 7 heteroatoms. The van der Waals surface area contributed by atoms with E-state index in [0.717, 1.165) is 5.69 Å². The molecule has 15 heavy (non-hydrogen) atoms. The zero-order valence-electron chi connectivity index (χ0n) is 8.30. The maximum atomic E-state index is 11.1. The van der Waals surface area contributed by atoms with E-state index in [0.29, 0.717) is 13.0 Å². The van der Waals surface area contributed by atoms with Crippen LogP contribution in [0.25, 0.3) is 0 Å². The van der Waals surface area contributed by atoms with Crippen LogP contribution in [0.1, 0.15) is 12.6 Å². The quantitative estimate of drug-likeness (QED) is 0.776. The summed E-state index contributed by atoms with van der Waals surface area (Å²) in [7, 11) is 0. The van der Waals surface area contributed by atoms with Crippen molar-refractivity contribution in [3.8, 4) is 0 Å². The average Bonchev–Trinajstić information content (AvgIpc) is 2.57. The van der Waals surface area contributed by atoms with E-state index in [9.17, 15) is 4.79 Å². The smallest absolute Gasteiger partial charge is 0.323 e. The molecular weight excluding hydrogens is 241 g/mol. The molecule has 5 nitrogen and oxygen atoms in total. The topological polar surface area (TPSA) is 81.0 Å². The molecule has 0 aromatic carbocycles. The summed E-state index contributed by atoms with van der Waals surface area (Å²) in [6, 6.07) is -0.622. The van der Waals surface area contributed by atoms with Gasteiger partial charge in [-0.15, -0.1) is 24.8 Å². The van der Waals surface area contributed by atoms with Gasteiger partial charge in [-0.05, 0) is 6.92 Å². The summed E-state index contributed by atoms with van der Waals surface area (Å²) in [5.74, 6) is -0.384. The van der Waals surface area contributed by atoms with Crippen LogP contribution in [0.15, 0.2) is 12.5 Å². The molecule has 0 saturated heterocycles. The Bertz CT molecular complexity index is 267. The number of carbonyl (C=O) groups excluding carboxylic acids is 1. The van der Waals surface area contributed by atoms with E-state index in [1.165, 1.54) is 0 Å². The van der Waals surface area contributed by atoms with Crippen LogP contribution in [-0.4, -0.2) is 28.6 Å². The summed E-state index contributed by atoms with van der Waals surface area (Å²) < 4.78 is 4.75. The monoisotopic (exact) mass is 255 g/mol. The van der Waals surface area contributed by atoms with Crippen LogP contribution in [0.4, 0.5) is 0 Å². The molecule has 1 heterocycles. The van der Waals surface area contributed by atoms with Crippen molar-refractivity contribution in [3.05, 3.63) is 18.2 Å². The third-order valence-electron chi connectivity index (χ3n) is 1.57. The summed E-state index contributed by atoms with van der Waals surface area (Å²) in [6.45, 7) is 2.10. The van der Waals surface area contributed by atoms with Crippen molar-refractivity contribution in [2.24, 2.45) is 5.73 Å². The fourth-order valence-electron chi connectivity index (χ4n) is 0.960. The highest BCUT2D eigenvalue weighted by molar-refractivity contribution is 5.85. The van der Waals surface area contributed by atoms with Crippen molar-refractivity contribution >= 4 is 30.8 Å². The van der Waals surface area contributed by atoms with Gasteiger partial charge in [0, 0.05) is 12.6 Å². The fourth-order valence-corrected chi connectivity index (χ4v) is 0.960. The molecule has 1 atom stereocenters. The van der Waals surface area contributed by atoms with Gasteiger partial charge in [-0.25, -0.2) is 4.98 Å². The van der Waals surface area contributed by atoms with Crippen LogP contribution in [0.2, 0.25) is 0 Å². The first-order valence-corrected chi connectivity index (χ1v) is 4.14. The predicted molar refractivity (Wildman–Crippen MR) is 61.4 cm³/mol. The van der Waals surface area contributed by atoms with E-state index in [4.69, 9.17) is 10.5 Å². The first-order chi connectivity index (χ1) is 6.24. The number of halogens is 2. The zero-order valence-corrected chi connectivity index (χ0v) is 9.94. The second-order valence-corrected chi connectivity index (χ2v) is 2.62. The number of carbonyl (C=O) groups is 1. The van der Waals surface area contributed by atoms with Gasteiger partial charge in [0.15, 0.2) is 0 Å². The number of aromatic amines is 1. The highest BCUT2D eigenvalue weighted by Gasteiger charge is 2.15. The number of H-pyrrole nitrogens is 1. The van der Waals surface area contributed by atoms with Crippen LogP contribution < -0.4 is 5.73 Å². The van der Waals surface area contributed by atoms with E-state index in [1.807, 2.05) is 0 Å². The second-order valence-electron chi connectivity index (χ2n) is 2.62. The molecule has 0 aliphatic rings.